The van der Waals surface area contributed by atoms with Crippen molar-refractivity contribution in [3.8, 4) is 11.5 Å². The van der Waals surface area contributed by atoms with Gasteiger partial charge in [0.2, 0.25) is 5.91 Å². The molecule has 0 aliphatic heterocycles. The Hall–Kier alpha value is -3.08. The third-order valence-electron chi connectivity index (χ3n) is 2.93. The maximum Gasteiger partial charge on any atom is 0.336 e. The molecule has 23 heavy (non-hydrogen) atoms. The highest BCUT2D eigenvalue weighted by molar-refractivity contribution is 5.90. The Balaban J connectivity index is 1.99. The van der Waals surface area contributed by atoms with Gasteiger partial charge in [-0.2, -0.15) is 0 Å². The van der Waals surface area contributed by atoms with Crippen LogP contribution in [0.4, 0.5) is 5.69 Å². The number of anilines is 1. The van der Waals surface area contributed by atoms with E-state index in [1.165, 1.54) is 13.0 Å². The fraction of sp³-hybridized carbons (Fsp3) is 0.111. The Morgan fingerprint density at radius 2 is 1.74 bits per heavy atom. The number of para-hydroxylation sites is 1. The number of nitrogens with one attached hydrogen (secondary N) is 1. The van der Waals surface area contributed by atoms with Crippen LogP contribution in [0.5, 0.6) is 11.5 Å². The number of rotatable bonds is 5. The van der Waals surface area contributed by atoms with Crippen molar-refractivity contribution in [1.29, 1.82) is 0 Å². The van der Waals surface area contributed by atoms with Gasteiger partial charge < -0.3 is 14.8 Å². The molecular formula is C18H17NO4. The molecule has 0 aliphatic rings. The molecule has 0 bridgehead atoms. The Morgan fingerprint density at radius 1 is 1.04 bits per heavy atom. The summed E-state index contributed by atoms with van der Waals surface area (Å²) in [6, 6.07) is 13.9. The Bertz CT molecular complexity index is 720. The van der Waals surface area contributed by atoms with Crippen LogP contribution < -0.4 is 14.8 Å². The van der Waals surface area contributed by atoms with Gasteiger partial charge in [-0.25, -0.2) is 4.79 Å². The minimum atomic E-state index is -0.497. The summed E-state index contributed by atoms with van der Waals surface area (Å²) in [5.41, 5.74) is 1.43. The number of hydrogen-bond donors (Lipinski definition) is 1. The molecule has 0 fully saturated rings. The number of esters is 1. The van der Waals surface area contributed by atoms with E-state index >= 15 is 0 Å². The molecule has 0 atom stereocenters. The third-order valence-corrected chi connectivity index (χ3v) is 2.93. The summed E-state index contributed by atoms with van der Waals surface area (Å²) in [5, 5.41) is 2.64. The quantitative estimate of drug-likeness (QED) is 0.523. The average molecular weight is 311 g/mol. The van der Waals surface area contributed by atoms with Crippen LogP contribution in [-0.2, 0) is 9.59 Å². The highest BCUT2D eigenvalue weighted by atomic mass is 16.5. The van der Waals surface area contributed by atoms with E-state index in [1.807, 2.05) is 24.3 Å². The third kappa shape index (κ3) is 5.00. The molecule has 1 N–H and O–H groups in total. The molecular weight excluding hydrogens is 294 g/mol. The summed E-state index contributed by atoms with van der Waals surface area (Å²) in [6.07, 6.45) is 2.96. The molecule has 0 heterocycles. The van der Waals surface area contributed by atoms with Crippen LogP contribution in [0.15, 0.2) is 54.6 Å². The molecule has 5 nitrogen and oxygen atoms in total. The lowest BCUT2D eigenvalue weighted by Crippen LogP contribution is -2.06. The molecule has 2 aromatic carbocycles. The smallest absolute Gasteiger partial charge is 0.336 e. The highest BCUT2D eigenvalue weighted by Gasteiger charge is 2.03. The van der Waals surface area contributed by atoms with E-state index in [2.05, 4.69) is 5.32 Å². The fourth-order valence-electron chi connectivity index (χ4n) is 1.92. The van der Waals surface area contributed by atoms with Gasteiger partial charge in [0.15, 0.2) is 0 Å². The zero-order valence-electron chi connectivity index (χ0n) is 12.9. The Kier molecular flexibility index (Phi) is 5.52. The first-order chi connectivity index (χ1) is 11.1. The molecule has 118 valence electrons. The maximum absolute atomic E-state index is 11.8. The van der Waals surface area contributed by atoms with Crippen LogP contribution in [-0.4, -0.2) is 19.0 Å². The van der Waals surface area contributed by atoms with Gasteiger partial charge in [-0.05, 0) is 36.4 Å². The number of ether oxygens (including phenoxy) is 2. The fourth-order valence-corrected chi connectivity index (χ4v) is 1.92. The summed E-state index contributed by atoms with van der Waals surface area (Å²) in [6.45, 7) is 1.43. The molecule has 0 unspecified atom stereocenters. The molecule has 0 saturated carbocycles. The van der Waals surface area contributed by atoms with Crippen molar-refractivity contribution >= 4 is 23.6 Å². The standard InChI is InChI=1S/C18H17NO4/c1-13(20)19-15-8-10-16(11-9-15)23-18(21)12-7-14-5-3-4-6-17(14)22-2/h3-12H,1-2H3,(H,19,20). The van der Waals surface area contributed by atoms with Gasteiger partial charge in [0.1, 0.15) is 11.5 Å². The molecule has 1 amide bonds. The lowest BCUT2D eigenvalue weighted by molar-refractivity contribution is -0.128. The monoisotopic (exact) mass is 311 g/mol. The largest absolute Gasteiger partial charge is 0.496 e. The van der Waals surface area contributed by atoms with Crippen molar-refractivity contribution in [3.63, 3.8) is 0 Å². The first kappa shape index (κ1) is 16.3. The van der Waals surface area contributed by atoms with Gasteiger partial charge in [-0.3, -0.25) is 4.79 Å². The second-order valence-corrected chi connectivity index (χ2v) is 4.70. The van der Waals surface area contributed by atoms with Gasteiger partial charge >= 0.3 is 5.97 Å². The Morgan fingerprint density at radius 3 is 2.39 bits per heavy atom. The molecule has 0 saturated heterocycles. The van der Waals surface area contributed by atoms with Crippen molar-refractivity contribution in [2.24, 2.45) is 0 Å². The number of amides is 1. The highest BCUT2D eigenvalue weighted by Crippen LogP contribution is 2.19. The van der Waals surface area contributed by atoms with E-state index in [0.717, 1.165) is 5.56 Å². The number of carbonyl (C=O) groups is 2. The second-order valence-electron chi connectivity index (χ2n) is 4.70. The van der Waals surface area contributed by atoms with Gasteiger partial charge in [-0.15, -0.1) is 0 Å². The van der Waals surface area contributed by atoms with E-state index < -0.39 is 5.97 Å². The predicted molar refractivity (Wildman–Crippen MR) is 88.4 cm³/mol. The SMILES string of the molecule is COc1ccccc1C=CC(=O)Oc1ccc(NC(C)=O)cc1. The Labute approximate surface area is 134 Å². The van der Waals surface area contributed by atoms with Crippen LogP contribution in [0.25, 0.3) is 6.08 Å². The van der Waals surface area contributed by atoms with E-state index in [9.17, 15) is 9.59 Å². The molecule has 2 aromatic rings. The summed E-state index contributed by atoms with van der Waals surface area (Å²) in [5.74, 6) is 0.419. The number of methoxy groups -OCH3 is 1. The zero-order chi connectivity index (χ0) is 16.7. The molecule has 0 radical (unpaired) electrons. The van der Waals surface area contributed by atoms with Crippen LogP contribution in [0.3, 0.4) is 0 Å². The number of benzene rings is 2. The van der Waals surface area contributed by atoms with E-state index in [1.54, 1.807) is 37.5 Å². The molecule has 5 heteroatoms. The van der Waals surface area contributed by atoms with Crippen molar-refractivity contribution < 1.29 is 19.1 Å². The summed E-state index contributed by atoms with van der Waals surface area (Å²) in [4.78, 5) is 22.8. The second kappa shape index (κ2) is 7.79. The maximum atomic E-state index is 11.8. The van der Waals surface area contributed by atoms with Gasteiger partial charge in [0.05, 0.1) is 7.11 Å². The summed E-state index contributed by atoms with van der Waals surface area (Å²) in [7, 11) is 1.57. The molecule has 2 rings (SSSR count). The van der Waals surface area contributed by atoms with Crippen LogP contribution in [0.2, 0.25) is 0 Å². The minimum Gasteiger partial charge on any atom is -0.496 e. The van der Waals surface area contributed by atoms with Crippen LogP contribution in [0.1, 0.15) is 12.5 Å². The van der Waals surface area contributed by atoms with E-state index in [4.69, 9.17) is 9.47 Å². The van der Waals surface area contributed by atoms with E-state index in [0.29, 0.717) is 17.2 Å². The van der Waals surface area contributed by atoms with Gasteiger partial charge in [0, 0.05) is 24.3 Å². The van der Waals surface area contributed by atoms with Gasteiger partial charge in [-0.1, -0.05) is 18.2 Å². The van der Waals surface area contributed by atoms with Crippen molar-refractivity contribution in [3.05, 3.63) is 60.2 Å². The first-order valence-corrected chi connectivity index (χ1v) is 6.99. The van der Waals surface area contributed by atoms with Crippen molar-refractivity contribution in [1.82, 2.24) is 0 Å². The van der Waals surface area contributed by atoms with Crippen molar-refractivity contribution in [2.75, 3.05) is 12.4 Å². The minimum absolute atomic E-state index is 0.158. The lowest BCUT2D eigenvalue weighted by atomic mass is 10.2. The predicted octanol–water partition coefficient (Wildman–Crippen LogP) is 3.27. The lowest BCUT2D eigenvalue weighted by Gasteiger charge is -2.05. The van der Waals surface area contributed by atoms with Crippen LogP contribution in [0, 0.1) is 0 Å². The van der Waals surface area contributed by atoms with E-state index in [-0.39, 0.29) is 5.91 Å². The summed E-state index contributed by atoms with van der Waals surface area (Å²) >= 11 is 0. The normalized spacial score (nSPS) is 10.3. The average Bonchev–Trinajstić information content (AvgIpc) is 2.54. The van der Waals surface area contributed by atoms with Gasteiger partial charge in [0.25, 0.3) is 0 Å². The number of hydrogen-bond acceptors (Lipinski definition) is 4. The topological polar surface area (TPSA) is 64.6 Å². The van der Waals surface area contributed by atoms with Crippen LogP contribution >= 0.6 is 0 Å². The number of carbonyl (C=O) groups excluding carboxylic acids is 2. The molecule has 0 aromatic heterocycles. The van der Waals surface area contributed by atoms with Crippen molar-refractivity contribution in [2.45, 2.75) is 6.92 Å². The molecule has 0 aliphatic carbocycles. The first-order valence-electron chi connectivity index (χ1n) is 6.99. The molecule has 0 spiro atoms. The summed E-state index contributed by atoms with van der Waals surface area (Å²) < 4.78 is 10.4. The zero-order valence-corrected chi connectivity index (χ0v) is 12.9.